The molecule has 1 aliphatic carbocycles. The molecule has 1 aromatic heterocycles. The first-order valence-electron chi connectivity index (χ1n) is 4.73. The van der Waals surface area contributed by atoms with E-state index in [4.69, 9.17) is 0 Å². The molecular formula is C8H9BrN4O3. The van der Waals surface area contributed by atoms with Gasteiger partial charge in [0.2, 0.25) is 5.91 Å². The van der Waals surface area contributed by atoms with Gasteiger partial charge >= 0.3 is 5.82 Å². The lowest BCUT2D eigenvalue weighted by Gasteiger charge is -1.99. The number of rotatable bonds is 4. The fraction of sp³-hybridized carbons (Fsp3) is 0.500. The number of nitrogens with zero attached hydrogens (tertiary/aromatic N) is 3. The first-order chi connectivity index (χ1) is 7.56. The summed E-state index contributed by atoms with van der Waals surface area (Å²) in [7, 11) is 0. The number of carbonyl (C=O) groups excluding carboxylic acids is 1. The van der Waals surface area contributed by atoms with Crippen LogP contribution in [0, 0.1) is 10.1 Å². The number of aromatic nitrogens is 2. The molecule has 1 saturated carbocycles. The maximum Gasteiger partial charge on any atom is 0.404 e. The summed E-state index contributed by atoms with van der Waals surface area (Å²) in [5.41, 5.74) is 0. The van der Waals surface area contributed by atoms with Crippen molar-refractivity contribution in [1.29, 1.82) is 0 Å². The predicted octanol–water partition coefficient (Wildman–Crippen LogP) is 0.832. The van der Waals surface area contributed by atoms with Crippen molar-refractivity contribution in [3.8, 4) is 0 Å². The van der Waals surface area contributed by atoms with Crippen molar-refractivity contribution >= 4 is 27.7 Å². The highest BCUT2D eigenvalue weighted by molar-refractivity contribution is 9.10. The molecule has 16 heavy (non-hydrogen) atoms. The molecule has 0 unspecified atom stereocenters. The highest BCUT2D eigenvalue weighted by Gasteiger charge is 2.25. The van der Waals surface area contributed by atoms with E-state index in [1.54, 1.807) is 0 Å². The highest BCUT2D eigenvalue weighted by atomic mass is 79.9. The summed E-state index contributed by atoms with van der Waals surface area (Å²) in [4.78, 5) is 21.3. The summed E-state index contributed by atoms with van der Waals surface area (Å²) >= 11 is 3.01. The molecule has 1 aliphatic rings. The smallest absolute Gasteiger partial charge is 0.358 e. The molecule has 8 heteroatoms. The molecule has 2 rings (SSSR count). The molecular weight excluding hydrogens is 280 g/mol. The zero-order chi connectivity index (χ0) is 11.7. The second-order valence-electron chi connectivity index (χ2n) is 3.60. The van der Waals surface area contributed by atoms with Gasteiger partial charge in [0.15, 0.2) is 0 Å². The molecule has 1 N–H and O–H groups in total. The Kier molecular flexibility index (Phi) is 2.90. The summed E-state index contributed by atoms with van der Waals surface area (Å²) in [6.45, 7) is 0.00292. The number of nitrogens with one attached hydrogen (secondary N) is 1. The van der Waals surface area contributed by atoms with E-state index in [9.17, 15) is 14.9 Å². The van der Waals surface area contributed by atoms with Crippen molar-refractivity contribution in [2.24, 2.45) is 0 Å². The third kappa shape index (κ3) is 2.57. The predicted molar refractivity (Wildman–Crippen MR) is 57.7 cm³/mol. The van der Waals surface area contributed by atoms with Crippen molar-refractivity contribution in [3.05, 3.63) is 20.8 Å². The molecule has 7 nitrogen and oxygen atoms in total. The lowest BCUT2D eigenvalue weighted by Crippen LogP contribution is -2.29. The molecule has 0 spiro atoms. The van der Waals surface area contributed by atoms with Gasteiger partial charge in [0.05, 0.1) is 11.3 Å². The molecule has 1 aromatic rings. The topological polar surface area (TPSA) is 90.1 Å². The van der Waals surface area contributed by atoms with Crippen LogP contribution in [0.4, 0.5) is 5.82 Å². The van der Waals surface area contributed by atoms with Crippen LogP contribution in [0.2, 0.25) is 0 Å². The van der Waals surface area contributed by atoms with Crippen LogP contribution < -0.4 is 5.32 Å². The summed E-state index contributed by atoms with van der Waals surface area (Å²) in [6, 6.07) is 0.279. The number of hydrogen-bond donors (Lipinski definition) is 1. The fourth-order valence-corrected chi connectivity index (χ4v) is 1.70. The van der Waals surface area contributed by atoms with Crippen LogP contribution in [-0.2, 0) is 11.3 Å². The Balaban J connectivity index is 2.00. The van der Waals surface area contributed by atoms with Crippen molar-refractivity contribution in [3.63, 3.8) is 0 Å². The lowest BCUT2D eigenvalue weighted by molar-refractivity contribution is -0.390. The van der Waals surface area contributed by atoms with Gasteiger partial charge in [-0.3, -0.25) is 4.79 Å². The van der Waals surface area contributed by atoms with Crippen molar-refractivity contribution in [2.45, 2.75) is 25.4 Å². The molecule has 0 bridgehead atoms. The second kappa shape index (κ2) is 4.20. The van der Waals surface area contributed by atoms with E-state index in [-0.39, 0.29) is 28.8 Å². The minimum atomic E-state index is -0.598. The number of amides is 1. The largest absolute Gasteiger partial charge is 0.404 e. The number of carbonyl (C=O) groups is 1. The average Bonchev–Trinajstić information content (AvgIpc) is 2.89. The van der Waals surface area contributed by atoms with E-state index in [1.807, 2.05) is 0 Å². The maximum atomic E-state index is 11.4. The normalized spacial score (nSPS) is 14.8. The van der Waals surface area contributed by atoms with Crippen molar-refractivity contribution < 1.29 is 9.72 Å². The van der Waals surface area contributed by atoms with Gasteiger partial charge in [0.25, 0.3) is 0 Å². The van der Waals surface area contributed by atoms with Crippen LogP contribution in [0.3, 0.4) is 0 Å². The van der Waals surface area contributed by atoms with Crippen molar-refractivity contribution in [1.82, 2.24) is 15.1 Å². The third-order valence-corrected chi connectivity index (χ3v) is 2.68. The molecule has 0 radical (unpaired) electrons. The fourth-order valence-electron chi connectivity index (χ4n) is 1.24. The summed E-state index contributed by atoms with van der Waals surface area (Å²) in [5, 5.41) is 17.0. The minimum Gasteiger partial charge on any atom is -0.358 e. The van der Waals surface area contributed by atoms with Crippen LogP contribution in [0.1, 0.15) is 12.8 Å². The van der Waals surface area contributed by atoms with Crippen LogP contribution in [0.25, 0.3) is 0 Å². The zero-order valence-electron chi connectivity index (χ0n) is 8.22. The van der Waals surface area contributed by atoms with Gasteiger partial charge in [-0.25, -0.2) is 0 Å². The Morgan fingerprint density at radius 3 is 2.94 bits per heavy atom. The van der Waals surface area contributed by atoms with Gasteiger partial charge in [-0.1, -0.05) is 0 Å². The Labute approximate surface area is 99.1 Å². The molecule has 0 aliphatic heterocycles. The molecule has 1 amide bonds. The van der Waals surface area contributed by atoms with Crippen LogP contribution in [-0.4, -0.2) is 26.7 Å². The molecule has 1 fully saturated rings. The quantitative estimate of drug-likeness (QED) is 0.656. The first-order valence-corrected chi connectivity index (χ1v) is 5.52. The lowest BCUT2D eigenvalue weighted by atomic mass is 10.5. The molecule has 0 aromatic carbocycles. The Bertz CT molecular complexity index is 440. The number of hydrogen-bond acceptors (Lipinski definition) is 4. The molecule has 0 atom stereocenters. The maximum absolute atomic E-state index is 11.4. The van der Waals surface area contributed by atoms with Gasteiger partial charge in [-0.2, -0.15) is 4.68 Å². The van der Waals surface area contributed by atoms with Gasteiger partial charge in [-0.05, 0) is 33.7 Å². The Hall–Kier alpha value is -1.44. The average molecular weight is 289 g/mol. The summed E-state index contributed by atoms with van der Waals surface area (Å²) in [6.07, 6.45) is 3.44. The van der Waals surface area contributed by atoms with Crippen LogP contribution in [0.15, 0.2) is 10.7 Å². The summed E-state index contributed by atoms with van der Waals surface area (Å²) < 4.78 is 1.52. The van der Waals surface area contributed by atoms with Crippen LogP contribution >= 0.6 is 15.9 Å². The van der Waals surface area contributed by atoms with E-state index in [0.717, 1.165) is 12.8 Å². The van der Waals surface area contributed by atoms with Gasteiger partial charge in [0, 0.05) is 6.04 Å². The van der Waals surface area contributed by atoms with E-state index >= 15 is 0 Å². The third-order valence-electron chi connectivity index (χ3n) is 2.12. The van der Waals surface area contributed by atoms with E-state index in [1.165, 1.54) is 10.9 Å². The Morgan fingerprint density at radius 2 is 2.44 bits per heavy atom. The van der Waals surface area contributed by atoms with E-state index in [2.05, 4.69) is 26.3 Å². The van der Waals surface area contributed by atoms with Crippen LogP contribution in [0.5, 0.6) is 0 Å². The molecule has 0 saturated heterocycles. The van der Waals surface area contributed by atoms with Crippen molar-refractivity contribution in [2.75, 3.05) is 0 Å². The highest BCUT2D eigenvalue weighted by Crippen LogP contribution is 2.22. The molecule has 86 valence electrons. The first kappa shape index (κ1) is 11.1. The summed E-state index contributed by atoms with van der Waals surface area (Å²) in [5.74, 6) is -0.452. The number of nitro groups is 1. The minimum absolute atomic E-state index is 0.00292. The van der Waals surface area contributed by atoms with E-state index in [0.29, 0.717) is 0 Å². The standard InChI is InChI=1S/C8H9BrN4O3/c9-6-3-12(11-8(6)13(15)16)4-7(14)10-5-1-2-5/h3,5H,1-2,4H2,(H,10,14). The monoisotopic (exact) mass is 288 g/mol. The van der Waals surface area contributed by atoms with Gasteiger partial charge in [0.1, 0.15) is 11.0 Å². The Morgan fingerprint density at radius 1 is 1.75 bits per heavy atom. The number of halogens is 1. The second-order valence-corrected chi connectivity index (χ2v) is 4.45. The SMILES string of the molecule is O=C(Cn1cc(Br)c([N+](=O)[O-])n1)NC1CC1. The van der Waals surface area contributed by atoms with E-state index < -0.39 is 4.92 Å². The van der Waals surface area contributed by atoms with Gasteiger partial charge in [-0.15, -0.1) is 0 Å². The molecule has 1 heterocycles. The van der Waals surface area contributed by atoms with Gasteiger partial charge < -0.3 is 15.4 Å². The zero-order valence-corrected chi connectivity index (χ0v) is 9.81.